The van der Waals surface area contributed by atoms with Gasteiger partial charge in [0.1, 0.15) is 37.3 Å². The zero-order valence-corrected chi connectivity index (χ0v) is 21.9. The average molecular weight is 464 g/mol. The van der Waals surface area contributed by atoms with E-state index in [1.54, 1.807) is 7.11 Å². The summed E-state index contributed by atoms with van der Waals surface area (Å²) in [5, 5.41) is 10.6. The Morgan fingerprint density at radius 2 is 1.41 bits per heavy atom. The van der Waals surface area contributed by atoms with Crippen LogP contribution in [0.5, 0.6) is 11.5 Å². The fraction of sp³-hybridized carbons (Fsp3) is 0.556. The van der Waals surface area contributed by atoms with E-state index < -0.39 is 6.10 Å². The summed E-state index contributed by atoms with van der Waals surface area (Å²) in [5.41, 5.74) is 2.92. The largest absolute Gasteiger partial charge is 1.00 e. The van der Waals surface area contributed by atoms with Crippen LogP contribution in [-0.2, 0) is 12.0 Å². The zero-order valence-electron chi connectivity index (χ0n) is 21.1. The Kier molecular flexibility index (Phi) is 10.1. The third-order valence-corrected chi connectivity index (χ3v) is 5.53. The van der Waals surface area contributed by atoms with Crippen LogP contribution in [0.1, 0.15) is 52.2 Å². The highest BCUT2D eigenvalue weighted by Crippen LogP contribution is 2.36. The fourth-order valence-electron chi connectivity index (χ4n) is 4.54. The number of benzene rings is 2. The van der Waals surface area contributed by atoms with Crippen molar-refractivity contribution in [3.05, 3.63) is 59.7 Å². The number of ether oxygens (including phenoxy) is 2. The Balaban J connectivity index is 0.00000512. The second-order valence-corrected chi connectivity index (χ2v) is 11.2. The molecule has 0 aliphatic heterocycles. The summed E-state index contributed by atoms with van der Waals surface area (Å²) in [6.07, 6.45) is 0.574. The quantitative estimate of drug-likeness (QED) is 0.550. The van der Waals surface area contributed by atoms with E-state index in [1.165, 1.54) is 11.1 Å². The van der Waals surface area contributed by atoms with Crippen LogP contribution in [0.4, 0.5) is 0 Å². The second-order valence-electron chi connectivity index (χ2n) is 11.2. The minimum Gasteiger partial charge on any atom is -1.00 e. The molecule has 0 saturated heterocycles. The van der Waals surface area contributed by atoms with Gasteiger partial charge in [-0.05, 0) is 59.2 Å². The lowest BCUT2D eigenvalue weighted by molar-refractivity contribution is -0.906. The first-order valence-electron chi connectivity index (χ1n) is 11.2. The molecule has 0 aliphatic carbocycles. The molecule has 1 N–H and O–H groups in total. The third-order valence-electron chi connectivity index (χ3n) is 5.53. The molecule has 0 saturated carbocycles. The fourth-order valence-corrected chi connectivity index (χ4v) is 4.54. The van der Waals surface area contributed by atoms with Crippen LogP contribution in [0.25, 0.3) is 0 Å². The number of hydrogen-bond acceptors (Lipinski definition) is 3. The van der Waals surface area contributed by atoms with Gasteiger partial charge in [-0.25, -0.2) is 0 Å². The van der Waals surface area contributed by atoms with Gasteiger partial charge in [-0.3, -0.25) is 0 Å². The van der Waals surface area contributed by atoms with Crippen LogP contribution in [-0.4, -0.2) is 50.1 Å². The van der Waals surface area contributed by atoms with Crippen LogP contribution in [0.15, 0.2) is 48.5 Å². The molecule has 0 fully saturated rings. The number of hydrogen-bond donors (Lipinski definition) is 1. The van der Waals surface area contributed by atoms with Crippen molar-refractivity contribution in [2.75, 3.05) is 34.4 Å². The van der Waals surface area contributed by atoms with Crippen LogP contribution < -0.4 is 21.9 Å². The molecular weight excluding hydrogens is 422 g/mol. The van der Waals surface area contributed by atoms with Crippen molar-refractivity contribution in [3.63, 3.8) is 0 Å². The number of quaternary nitrogens is 1. The van der Waals surface area contributed by atoms with Crippen molar-refractivity contribution in [3.8, 4) is 11.5 Å². The summed E-state index contributed by atoms with van der Waals surface area (Å²) in [7, 11) is 5.92. The SMILES string of the molecule is COc1ccc(C[N+](C)(C)CC(O)COc2ccc(C(C)(C)CC(C)(C)C)cc2)cc1.[Cl-]. The molecular formula is C27H42ClNO3. The molecule has 4 nitrogen and oxygen atoms in total. The Morgan fingerprint density at radius 1 is 0.875 bits per heavy atom. The molecule has 5 heteroatoms. The van der Waals surface area contributed by atoms with Gasteiger partial charge in [0.2, 0.25) is 0 Å². The molecule has 1 unspecified atom stereocenters. The van der Waals surface area contributed by atoms with Gasteiger partial charge in [-0.1, -0.05) is 46.8 Å². The number of methoxy groups -OCH3 is 1. The molecule has 0 spiro atoms. The predicted octanol–water partition coefficient (Wildman–Crippen LogP) is 2.43. The summed E-state index contributed by atoms with van der Waals surface area (Å²) >= 11 is 0. The normalized spacial score (nSPS) is 13.3. The molecule has 0 heterocycles. The molecule has 0 aliphatic rings. The lowest BCUT2D eigenvalue weighted by Crippen LogP contribution is -3.00. The zero-order chi connectivity index (χ0) is 23.3. The Hall–Kier alpha value is -1.75. The van der Waals surface area contributed by atoms with Crippen molar-refractivity contribution < 1.29 is 31.5 Å². The smallest absolute Gasteiger partial charge is 0.137 e. The molecule has 2 aromatic rings. The lowest BCUT2D eigenvalue weighted by Gasteiger charge is -2.33. The number of likely N-dealkylation sites (N-methyl/N-ethyl adjacent to an activating group) is 1. The van der Waals surface area contributed by atoms with Gasteiger partial charge >= 0.3 is 0 Å². The molecule has 0 radical (unpaired) electrons. The van der Waals surface area contributed by atoms with Crippen molar-refractivity contribution in [2.24, 2.45) is 5.41 Å². The minimum atomic E-state index is -0.537. The van der Waals surface area contributed by atoms with Gasteiger partial charge in [0.15, 0.2) is 0 Å². The predicted molar refractivity (Wildman–Crippen MR) is 129 cm³/mol. The topological polar surface area (TPSA) is 38.7 Å². The number of rotatable bonds is 10. The van der Waals surface area contributed by atoms with Crippen molar-refractivity contribution in [2.45, 2.75) is 59.1 Å². The van der Waals surface area contributed by atoms with Gasteiger partial charge in [0.05, 0.1) is 21.2 Å². The van der Waals surface area contributed by atoms with E-state index in [0.717, 1.165) is 24.5 Å². The monoisotopic (exact) mass is 463 g/mol. The maximum atomic E-state index is 10.6. The maximum Gasteiger partial charge on any atom is 0.137 e. The van der Waals surface area contributed by atoms with E-state index in [0.29, 0.717) is 11.0 Å². The molecule has 2 rings (SSSR count). The van der Waals surface area contributed by atoms with E-state index >= 15 is 0 Å². The molecule has 0 bridgehead atoms. The number of nitrogens with zero attached hydrogens (tertiary/aromatic N) is 1. The standard InChI is InChI=1S/C27H42NO3.ClH/c1-26(2,3)20-27(4,5)22-11-15-25(16-12-22)31-19-23(29)18-28(6,7)17-21-9-13-24(30-8)14-10-21;/h9-16,23,29H,17-20H2,1-8H3;1H/q+1;/p-1. The molecule has 0 aromatic heterocycles. The van der Waals surface area contributed by atoms with Gasteiger partial charge in [0, 0.05) is 5.56 Å². The van der Waals surface area contributed by atoms with Crippen molar-refractivity contribution in [1.29, 1.82) is 0 Å². The number of aliphatic hydroxyl groups excluding tert-OH is 1. The van der Waals surface area contributed by atoms with Crippen molar-refractivity contribution >= 4 is 0 Å². The van der Waals surface area contributed by atoms with E-state index in [2.05, 4.69) is 73.0 Å². The van der Waals surface area contributed by atoms with E-state index in [1.807, 2.05) is 24.3 Å². The van der Waals surface area contributed by atoms with Gasteiger partial charge < -0.3 is 31.5 Å². The maximum absolute atomic E-state index is 10.6. The van der Waals surface area contributed by atoms with Crippen LogP contribution >= 0.6 is 0 Å². The molecule has 1 atom stereocenters. The number of halogens is 1. The summed E-state index contributed by atoms with van der Waals surface area (Å²) in [4.78, 5) is 0. The van der Waals surface area contributed by atoms with Gasteiger partial charge in [-0.15, -0.1) is 0 Å². The highest BCUT2D eigenvalue weighted by Gasteiger charge is 2.27. The average Bonchev–Trinajstić information content (AvgIpc) is 2.65. The Labute approximate surface area is 201 Å². The lowest BCUT2D eigenvalue weighted by atomic mass is 9.72. The highest BCUT2D eigenvalue weighted by atomic mass is 35.5. The molecule has 0 amide bonds. The summed E-state index contributed by atoms with van der Waals surface area (Å²) in [5.74, 6) is 1.66. The summed E-state index contributed by atoms with van der Waals surface area (Å²) in [6.45, 7) is 13.2. The second kappa shape index (κ2) is 11.4. The summed E-state index contributed by atoms with van der Waals surface area (Å²) < 4.78 is 11.8. The Bertz CT molecular complexity index is 808. The first-order valence-corrected chi connectivity index (χ1v) is 11.2. The minimum absolute atomic E-state index is 0. The highest BCUT2D eigenvalue weighted by molar-refractivity contribution is 5.32. The first-order chi connectivity index (χ1) is 14.3. The van der Waals surface area contributed by atoms with E-state index in [-0.39, 0.29) is 29.8 Å². The van der Waals surface area contributed by atoms with Gasteiger partial charge in [0.25, 0.3) is 0 Å². The third kappa shape index (κ3) is 9.40. The van der Waals surface area contributed by atoms with Crippen LogP contribution in [0.3, 0.4) is 0 Å². The molecule has 32 heavy (non-hydrogen) atoms. The Morgan fingerprint density at radius 3 is 1.91 bits per heavy atom. The first kappa shape index (κ1) is 28.3. The summed E-state index contributed by atoms with van der Waals surface area (Å²) in [6, 6.07) is 16.4. The number of aliphatic hydroxyl groups is 1. The van der Waals surface area contributed by atoms with Crippen molar-refractivity contribution in [1.82, 2.24) is 0 Å². The van der Waals surface area contributed by atoms with Crippen LogP contribution in [0.2, 0.25) is 0 Å². The van der Waals surface area contributed by atoms with E-state index in [9.17, 15) is 5.11 Å². The van der Waals surface area contributed by atoms with Gasteiger partial charge in [-0.2, -0.15) is 0 Å². The molecule has 180 valence electrons. The van der Waals surface area contributed by atoms with E-state index in [4.69, 9.17) is 9.47 Å². The van der Waals surface area contributed by atoms with Crippen LogP contribution in [0, 0.1) is 5.41 Å². The molecule has 2 aromatic carbocycles.